The van der Waals surface area contributed by atoms with Crippen molar-refractivity contribution in [3.8, 4) is 0 Å². The first-order valence-corrected chi connectivity index (χ1v) is 5.99. The minimum Gasteiger partial charge on any atom is -0.378 e. The van der Waals surface area contributed by atoms with Crippen molar-refractivity contribution >= 4 is 11.6 Å². The van der Waals surface area contributed by atoms with Gasteiger partial charge in [-0.15, -0.1) is 0 Å². The number of morpholine rings is 1. The molecule has 0 saturated carbocycles. The van der Waals surface area contributed by atoms with Gasteiger partial charge >= 0.3 is 0 Å². The van der Waals surface area contributed by atoms with Crippen molar-refractivity contribution in [2.45, 2.75) is 25.4 Å². The van der Waals surface area contributed by atoms with Crippen molar-refractivity contribution in [2.75, 3.05) is 18.5 Å². The zero-order chi connectivity index (χ0) is 11.8. The molecule has 1 amide bonds. The van der Waals surface area contributed by atoms with Gasteiger partial charge in [0.1, 0.15) is 0 Å². The topological polar surface area (TPSA) is 50.4 Å². The number of ether oxygens (including phenoxy) is 1. The van der Waals surface area contributed by atoms with Gasteiger partial charge in [0, 0.05) is 11.7 Å². The average Bonchev–Trinajstić information content (AvgIpc) is 2.68. The summed E-state index contributed by atoms with van der Waals surface area (Å²) in [5.41, 5.74) is 3.24. The van der Waals surface area contributed by atoms with E-state index < -0.39 is 0 Å². The molecule has 0 aromatic heterocycles. The number of carbonyl (C=O) groups excluding carboxylic acids is 1. The van der Waals surface area contributed by atoms with Crippen LogP contribution in [0.1, 0.15) is 24.1 Å². The monoisotopic (exact) mass is 232 g/mol. The Labute approximate surface area is 100 Å². The van der Waals surface area contributed by atoms with Crippen molar-refractivity contribution in [1.29, 1.82) is 0 Å². The highest BCUT2D eigenvalue weighted by atomic mass is 16.5. The largest absolute Gasteiger partial charge is 0.378 e. The minimum atomic E-state index is 0.0818. The van der Waals surface area contributed by atoms with E-state index in [1.807, 2.05) is 6.07 Å². The van der Waals surface area contributed by atoms with Gasteiger partial charge in [-0.1, -0.05) is 12.1 Å². The molecule has 2 aliphatic heterocycles. The highest BCUT2D eigenvalue weighted by molar-refractivity contribution is 5.99. The lowest BCUT2D eigenvalue weighted by molar-refractivity contribution is -0.115. The number of carbonyl (C=O) groups is 1. The Hall–Kier alpha value is -1.39. The lowest BCUT2D eigenvalue weighted by Crippen LogP contribution is -2.41. The number of hydrogen-bond donors (Lipinski definition) is 2. The maximum atomic E-state index is 11.3. The number of nitrogens with one attached hydrogen (secondary N) is 2. The molecule has 1 saturated heterocycles. The molecule has 1 fully saturated rings. The lowest BCUT2D eigenvalue weighted by Gasteiger charge is -2.29. The highest BCUT2D eigenvalue weighted by Gasteiger charge is 2.23. The maximum absolute atomic E-state index is 11.3. The molecule has 0 radical (unpaired) electrons. The first-order valence-electron chi connectivity index (χ1n) is 5.99. The zero-order valence-corrected chi connectivity index (χ0v) is 9.82. The summed E-state index contributed by atoms with van der Waals surface area (Å²) in [5, 5.41) is 6.35. The van der Waals surface area contributed by atoms with Crippen LogP contribution < -0.4 is 10.6 Å². The van der Waals surface area contributed by atoms with Gasteiger partial charge in [0.15, 0.2) is 0 Å². The Morgan fingerprint density at radius 3 is 3.06 bits per heavy atom. The fourth-order valence-electron chi connectivity index (χ4n) is 2.46. The van der Waals surface area contributed by atoms with E-state index in [9.17, 15) is 4.79 Å². The molecular formula is C13H16N2O2. The van der Waals surface area contributed by atoms with Crippen LogP contribution >= 0.6 is 0 Å². The van der Waals surface area contributed by atoms with Crippen LogP contribution in [0.15, 0.2) is 18.2 Å². The van der Waals surface area contributed by atoms with Gasteiger partial charge in [-0.2, -0.15) is 0 Å². The molecule has 0 bridgehead atoms. The second-order valence-electron chi connectivity index (χ2n) is 4.80. The number of fused-ring (bicyclic) bond motifs is 1. The number of benzene rings is 1. The first-order chi connectivity index (χ1) is 8.22. The molecule has 2 aliphatic rings. The second kappa shape index (κ2) is 4.13. The van der Waals surface area contributed by atoms with Gasteiger partial charge in [-0.05, 0) is 24.1 Å². The summed E-state index contributed by atoms with van der Waals surface area (Å²) in [7, 11) is 0. The molecule has 2 heterocycles. The van der Waals surface area contributed by atoms with Crippen molar-refractivity contribution in [3.63, 3.8) is 0 Å². The maximum Gasteiger partial charge on any atom is 0.228 e. The van der Waals surface area contributed by atoms with E-state index in [1.54, 1.807) is 0 Å². The van der Waals surface area contributed by atoms with E-state index in [1.165, 1.54) is 5.56 Å². The van der Waals surface area contributed by atoms with E-state index in [0.29, 0.717) is 19.1 Å². The van der Waals surface area contributed by atoms with Crippen LogP contribution in [0.25, 0.3) is 0 Å². The summed E-state index contributed by atoms with van der Waals surface area (Å²) in [5.74, 6) is 0.0818. The number of anilines is 1. The van der Waals surface area contributed by atoms with E-state index in [-0.39, 0.29) is 11.9 Å². The Bertz CT molecular complexity index is 459. The number of amides is 1. The molecule has 17 heavy (non-hydrogen) atoms. The van der Waals surface area contributed by atoms with E-state index in [0.717, 1.165) is 17.9 Å². The SMILES string of the molecule is CC1COCC(c2ccc3c(c2)CC(=O)N3)N1. The Kier molecular flexibility index (Phi) is 2.61. The van der Waals surface area contributed by atoms with Crippen LogP contribution in [-0.2, 0) is 16.0 Å². The third-order valence-electron chi connectivity index (χ3n) is 3.29. The number of rotatable bonds is 1. The summed E-state index contributed by atoms with van der Waals surface area (Å²) < 4.78 is 5.54. The smallest absolute Gasteiger partial charge is 0.228 e. The van der Waals surface area contributed by atoms with Crippen LogP contribution in [0, 0.1) is 0 Å². The van der Waals surface area contributed by atoms with E-state index in [2.05, 4.69) is 29.7 Å². The van der Waals surface area contributed by atoms with Crippen molar-refractivity contribution in [2.24, 2.45) is 0 Å². The molecule has 90 valence electrons. The molecule has 4 nitrogen and oxygen atoms in total. The van der Waals surface area contributed by atoms with Gasteiger partial charge < -0.3 is 15.4 Å². The summed E-state index contributed by atoms with van der Waals surface area (Å²) in [6, 6.07) is 6.76. The van der Waals surface area contributed by atoms with Gasteiger partial charge in [-0.3, -0.25) is 4.79 Å². The molecule has 2 atom stereocenters. The molecular weight excluding hydrogens is 216 g/mol. The predicted molar refractivity (Wildman–Crippen MR) is 64.9 cm³/mol. The van der Waals surface area contributed by atoms with E-state index >= 15 is 0 Å². The molecule has 0 aliphatic carbocycles. The molecule has 4 heteroatoms. The number of hydrogen-bond acceptors (Lipinski definition) is 3. The molecule has 2 N–H and O–H groups in total. The van der Waals surface area contributed by atoms with Crippen LogP contribution in [-0.4, -0.2) is 25.2 Å². The van der Waals surface area contributed by atoms with Gasteiger partial charge in [-0.25, -0.2) is 0 Å². The molecule has 0 spiro atoms. The average molecular weight is 232 g/mol. The summed E-state index contributed by atoms with van der Waals surface area (Å²) >= 11 is 0. The fourth-order valence-corrected chi connectivity index (χ4v) is 2.46. The van der Waals surface area contributed by atoms with Gasteiger partial charge in [0.05, 0.1) is 25.7 Å². The molecule has 1 aromatic rings. The lowest BCUT2D eigenvalue weighted by atomic mass is 10.0. The third-order valence-corrected chi connectivity index (χ3v) is 3.29. The molecule has 1 aromatic carbocycles. The highest BCUT2D eigenvalue weighted by Crippen LogP contribution is 2.27. The Morgan fingerprint density at radius 1 is 1.35 bits per heavy atom. The van der Waals surface area contributed by atoms with Crippen LogP contribution in [0.4, 0.5) is 5.69 Å². The Balaban J connectivity index is 1.84. The normalized spacial score (nSPS) is 27.7. The summed E-state index contributed by atoms with van der Waals surface area (Å²) in [6.07, 6.45) is 0.492. The zero-order valence-electron chi connectivity index (χ0n) is 9.82. The van der Waals surface area contributed by atoms with Gasteiger partial charge in [0.25, 0.3) is 0 Å². The minimum absolute atomic E-state index is 0.0818. The second-order valence-corrected chi connectivity index (χ2v) is 4.80. The first kappa shape index (κ1) is 10.7. The van der Waals surface area contributed by atoms with Crippen LogP contribution in [0.2, 0.25) is 0 Å². The van der Waals surface area contributed by atoms with Crippen LogP contribution in [0.3, 0.4) is 0 Å². The fraction of sp³-hybridized carbons (Fsp3) is 0.462. The summed E-state index contributed by atoms with van der Waals surface area (Å²) in [4.78, 5) is 11.3. The van der Waals surface area contributed by atoms with Crippen molar-refractivity contribution < 1.29 is 9.53 Å². The molecule has 3 rings (SSSR count). The predicted octanol–water partition coefficient (Wildman–Crippen LogP) is 1.23. The third kappa shape index (κ3) is 2.06. The standard InChI is InChI=1S/C13H16N2O2/c1-8-6-17-7-12(14-8)9-2-3-11-10(4-9)5-13(16)15-11/h2-4,8,12,14H,5-7H2,1H3,(H,15,16). The van der Waals surface area contributed by atoms with Crippen molar-refractivity contribution in [3.05, 3.63) is 29.3 Å². The molecule has 2 unspecified atom stereocenters. The van der Waals surface area contributed by atoms with Crippen LogP contribution in [0.5, 0.6) is 0 Å². The van der Waals surface area contributed by atoms with Gasteiger partial charge in [0.2, 0.25) is 5.91 Å². The van der Waals surface area contributed by atoms with Crippen molar-refractivity contribution in [1.82, 2.24) is 5.32 Å². The van der Waals surface area contributed by atoms with E-state index in [4.69, 9.17) is 4.74 Å². The Morgan fingerprint density at radius 2 is 2.24 bits per heavy atom. The quantitative estimate of drug-likeness (QED) is 0.765. The summed E-state index contributed by atoms with van der Waals surface area (Å²) in [6.45, 7) is 3.58.